The molecule has 1 N–H and O–H groups in total. The number of nitrogens with zero attached hydrogens (tertiary/aromatic N) is 2. The Morgan fingerprint density at radius 3 is 2.28 bits per heavy atom. The molecule has 7 nitrogen and oxygen atoms in total. The molecule has 0 heterocycles. The molecule has 0 spiro atoms. The van der Waals surface area contributed by atoms with Crippen LogP contribution in [0.5, 0.6) is 0 Å². The van der Waals surface area contributed by atoms with Gasteiger partial charge in [-0.3, -0.25) is 13.9 Å². The van der Waals surface area contributed by atoms with Crippen LogP contribution in [0.4, 0.5) is 5.69 Å². The summed E-state index contributed by atoms with van der Waals surface area (Å²) in [6.45, 7) is 2.36. The maximum absolute atomic E-state index is 13.5. The number of benzene rings is 2. The summed E-state index contributed by atoms with van der Waals surface area (Å²) in [6.07, 6.45) is 6.24. The topological polar surface area (TPSA) is 86.8 Å². The molecule has 3 rings (SSSR count). The van der Waals surface area contributed by atoms with Crippen molar-refractivity contribution in [2.45, 2.75) is 70.5 Å². The lowest BCUT2D eigenvalue weighted by Gasteiger charge is -2.32. The van der Waals surface area contributed by atoms with Gasteiger partial charge in [-0.05, 0) is 55.5 Å². The van der Waals surface area contributed by atoms with Gasteiger partial charge in [0, 0.05) is 30.6 Å². The van der Waals surface area contributed by atoms with Crippen molar-refractivity contribution in [3.63, 3.8) is 0 Å². The van der Waals surface area contributed by atoms with Gasteiger partial charge in [-0.1, -0.05) is 61.7 Å². The van der Waals surface area contributed by atoms with Crippen LogP contribution in [-0.4, -0.2) is 50.0 Å². The number of halogens is 1. The first-order valence-corrected chi connectivity index (χ1v) is 14.8. The Bertz CT molecular complexity index is 1100. The van der Waals surface area contributed by atoms with Crippen LogP contribution < -0.4 is 9.62 Å². The molecule has 1 aliphatic rings. The molecule has 1 atom stereocenters. The van der Waals surface area contributed by atoms with Gasteiger partial charge in [-0.25, -0.2) is 8.42 Å². The zero-order chi connectivity index (χ0) is 26.1. The second-order valence-corrected chi connectivity index (χ2v) is 11.7. The normalized spacial score (nSPS) is 14.9. The molecule has 9 heteroatoms. The number of sulfonamides is 1. The number of amides is 2. The van der Waals surface area contributed by atoms with Gasteiger partial charge in [-0.2, -0.15) is 0 Å². The number of hydrogen-bond donors (Lipinski definition) is 1. The predicted molar refractivity (Wildman–Crippen MR) is 144 cm³/mol. The molecule has 2 aromatic rings. The van der Waals surface area contributed by atoms with Crippen molar-refractivity contribution in [2.75, 3.05) is 17.1 Å². The molecular weight excluding hydrogens is 498 g/mol. The summed E-state index contributed by atoms with van der Waals surface area (Å²) >= 11 is 6.03. The maximum atomic E-state index is 13.5. The molecule has 36 heavy (non-hydrogen) atoms. The van der Waals surface area contributed by atoms with Gasteiger partial charge in [0.1, 0.15) is 6.04 Å². The van der Waals surface area contributed by atoms with E-state index in [0.29, 0.717) is 23.6 Å². The van der Waals surface area contributed by atoms with Crippen LogP contribution in [0.1, 0.15) is 57.4 Å². The van der Waals surface area contributed by atoms with Gasteiger partial charge in [0.05, 0.1) is 11.9 Å². The lowest BCUT2D eigenvalue weighted by Crippen LogP contribution is -2.51. The number of rotatable bonds is 12. The van der Waals surface area contributed by atoms with E-state index in [9.17, 15) is 18.0 Å². The molecule has 0 aliphatic heterocycles. The highest BCUT2D eigenvalue weighted by atomic mass is 35.5. The van der Waals surface area contributed by atoms with Crippen LogP contribution in [0.2, 0.25) is 5.02 Å². The standard InChI is InChI=1S/C27H36ClN3O4S/c1-3-25(27(33)29-23-10-7-8-11-23)30(20-21-15-17-22(28)18-16-21)26(32)14-9-19-31(36(2,34)35)24-12-5-4-6-13-24/h4-6,12-13,15-18,23,25H,3,7-11,14,19-20H2,1-2H3,(H,29,33)/t25-/m0/s1. The summed E-state index contributed by atoms with van der Waals surface area (Å²) in [5, 5.41) is 3.74. The van der Waals surface area contributed by atoms with Crippen molar-refractivity contribution in [3.05, 3.63) is 65.2 Å². The van der Waals surface area contributed by atoms with Crippen molar-refractivity contribution in [2.24, 2.45) is 0 Å². The number of carbonyl (C=O) groups excluding carboxylic acids is 2. The van der Waals surface area contributed by atoms with Gasteiger partial charge in [0.25, 0.3) is 0 Å². The van der Waals surface area contributed by atoms with E-state index in [1.807, 2.05) is 25.1 Å². The molecule has 1 aliphatic carbocycles. The molecule has 0 radical (unpaired) electrons. The summed E-state index contributed by atoms with van der Waals surface area (Å²) in [7, 11) is -3.50. The molecule has 196 valence electrons. The Kier molecular flexibility index (Phi) is 10.2. The number of hydrogen-bond acceptors (Lipinski definition) is 4. The smallest absolute Gasteiger partial charge is 0.243 e. The minimum absolute atomic E-state index is 0.125. The van der Waals surface area contributed by atoms with Crippen LogP contribution in [-0.2, 0) is 26.2 Å². The fourth-order valence-electron chi connectivity index (χ4n) is 4.67. The largest absolute Gasteiger partial charge is 0.352 e. The Morgan fingerprint density at radius 1 is 1.06 bits per heavy atom. The minimum atomic E-state index is -3.50. The number of nitrogens with one attached hydrogen (secondary N) is 1. The molecule has 0 aromatic heterocycles. The summed E-state index contributed by atoms with van der Waals surface area (Å²) in [5.74, 6) is -0.311. The predicted octanol–water partition coefficient (Wildman–Crippen LogP) is 4.75. The number of para-hydroxylation sites is 1. The number of anilines is 1. The van der Waals surface area contributed by atoms with Crippen LogP contribution in [0.15, 0.2) is 54.6 Å². The van der Waals surface area contributed by atoms with E-state index in [4.69, 9.17) is 11.6 Å². The van der Waals surface area contributed by atoms with Gasteiger partial charge >= 0.3 is 0 Å². The SMILES string of the molecule is CC[C@@H](C(=O)NC1CCCC1)N(Cc1ccc(Cl)cc1)C(=O)CCCN(c1ccccc1)S(C)(=O)=O. The first kappa shape index (κ1) is 28.0. The first-order chi connectivity index (χ1) is 17.2. The first-order valence-electron chi connectivity index (χ1n) is 12.6. The van der Waals surface area contributed by atoms with E-state index in [-0.39, 0.29) is 37.4 Å². The Labute approximate surface area is 219 Å². The van der Waals surface area contributed by atoms with E-state index in [2.05, 4.69) is 5.32 Å². The third-order valence-corrected chi connectivity index (χ3v) is 8.00. The highest BCUT2D eigenvalue weighted by Gasteiger charge is 2.30. The van der Waals surface area contributed by atoms with Crippen molar-refractivity contribution in [1.82, 2.24) is 10.2 Å². The molecule has 2 amide bonds. The van der Waals surface area contributed by atoms with Crippen molar-refractivity contribution < 1.29 is 18.0 Å². The molecular formula is C27H36ClN3O4S. The fourth-order valence-corrected chi connectivity index (χ4v) is 5.76. The highest BCUT2D eigenvalue weighted by Crippen LogP contribution is 2.21. The zero-order valence-corrected chi connectivity index (χ0v) is 22.6. The second-order valence-electron chi connectivity index (χ2n) is 9.34. The molecule has 1 saturated carbocycles. The minimum Gasteiger partial charge on any atom is -0.352 e. The summed E-state index contributed by atoms with van der Waals surface area (Å²) in [4.78, 5) is 28.3. The monoisotopic (exact) mass is 533 g/mol. The van der Waals surface area contributed by atoms with Crippen LogP contribution in [0.3, 0.4) is 0 Å². The van der Waals surface area contributed by atoms with Gasteiger partial charge in [0.2, 0.25) is 21.8 Å². The van der Waals surface area contributed by atoms with Gasteiger partial charge < -0.3 is 10.2 Å². The number of carbonyl (C=O) groups is 2. The quantitative estimate of drug-likeness (QED) is 0.426. The summed E-state index contributed by atoms with van der Waals surface area (Å²) < 4.78 is 26.1. The average Bonchev–Trinajstić information content (AvgIpc) is 3.35. The van der Waals surface area contributed by atoms with E-state index in [1.165, 1.54) is 4.31 Å². The van der Waals surface area contributed by atoms with E-state index in [0.717, 1.165) is 37.5 Å². The summed E-state index contributed by atoms with van der Waals surface area (Å²) in [5.41, 5.74) is 1.44. The Hall–Kier alpha value is -2.58. The van der Waals surface area contributed by atoms with Gasteiger partial charge in [-0.15, -0.1) is 0 Å². The molecule has 0 saturated heterocycles. The van der Waals surface area contributed by atoms with Crippen LogP contribution in [0, 0.1) is 0 Å². The van der Waals surface area contributed by atoms with Crippen LogP contribution >= 0.6 is 11.6 Å². The van der Waals surface area contributed by atoms with E-state index in [1.54, 1.807) is 41.3 Å². The lowest BCUT2D eigenvalue weighted by molar-refractivity contribution is -0.141. The molecule has 1 fully saturated rings. The third kappa shape index (κ3) is 7.96. The third-order valence-electron chi connectivity index (χ3n) is 6.55. The molecule has 0 bridgehead atoms. The van der Waals surface area contributed by atoms with E-state index < -0.39 is 16.1 Å². The van der Waals surface area contributed by atoms with Crippen molar-refractivity contribution in [3.8, 4) is 0 Å². The molecule has 0 unspecified atom stereocenters. The lowest BCUT2D eigenvalue weighted by atomic mass is 10.1. The average molecular weight is 534 g/mol. The van der Waals surface area contributed by atoms with Crippen molar-refractivity contribution in [1.29, 1.82) is 0 Å². The highest BCUT2D eigenvalue weighted by molar-refractivity contribution is 7.92. The zero-order valence-electron chi connectivity index (χ0n) is 21.0. The maximum Gasteiger partial charge on any atom is 0.243 e. The second kappa shape index (κ2) is 13.1. The van der Waals surface area contributed by atoms with Crippen LogP contribution in [0.25, 0.3) is 0 Å². The summed E-state index contributed by atoms with van der Waals surface area (Å²) in [6, 6.07) is 15.6. The van der Waals surface area contributed by atoms with Gasteiger partial charge in [0.15, 0.2) is 0 Å². The fraction of sp³-hybridized carbons (Fsp3) is 0.481. The molecule has 2 aromatic carbocycles. The van der Waals surface area contributed by atoms with Crippen molar-refractivity contribution >= 4 is 39.1 Å². The van der Waals surface area contributed by atoms with E-state index >= 15 is 0 Å². The Morgan fingerprint density at radius 2 is 1.69 bits per heavy atom. The Balaban J connectivity index is 1.74.